The van der Waals surface area contributed by atoms with Gasteiger partial charge in [0.15, 0.2) is 5.69 Å². The van der Waals surface area contributed by atoms with Gasteiger partial charge in [0.2, 0.25) is 0 Å². The number of carboxylic acids is 1. The number of carboxylic acid groups (broad SMARTS) is 1. The molecule has 2 unspecified atom stereocenters. The second-order valence-electron chi connectivity index (χ2n) is 4.22. The van der Waals surface area contributed by atoms with E-state index in [1.165, 1.54) is 16.7 Å². The summed E-state index contributed by atoms with van der Waals surface area (Å²) in [5, 5.41) is 16.1. The number of amides is 2. The molecule has 20 heavy (non-hydrogen) atoms. The zero-order chi connectivity index (χ0) is 15.1. The van der Waals surface area contributed by atoms with Crippen molar-refractivity contribution >= 4 is 23.3 Å². The van der Waals surface area contributed by atoms with Crippen molar-refractivity contribution in [2.45, 2.75) is 38.8 Å². The average molecular weight is 295 g/mol. The Bertz CT molecular complexity index is 521. The van der Waals surface area contributed by atoms with Crippen molar-refractivity contribution in [1.29, 1.82) is 0 Å². The molecule has 1 aromatic rings. The number of hydrogen-bond acceptors (Lipinski definition) is 4. The van der Waals surface area contributed by atoms with Crippen LogP contribution in [0.5, 0.6) is 0 Å². The number of terminal acetylenes is 1. The van der Waals surface area contributed by atoms with Gasteiger partial charge in [0.25, 0.3) is 0 Å². The summed E-state index contributed by atoms with van der Waals surface area (Å²) in [6.45, 7) is 3.71. The summed E-state index contributed by atoms with van der Waals surface area (Å²) in [6.07, 6.45) is 6.90. The number of hydrogen-bond donors (Lipinski definition) is 3. The average Bonchev–Trinajstić information content (AvgIpc) is 2.87. The standard InChI is InChI=1S/C13H17N3O3S/c1-4-6-9(5-2)15-13(19)14-8(3)11-16-10(7-20-11)12(17)18/h2,7-9H,4,6H2,1,3H3,(H,17,18)(H2,14,15,19). The fourth-order valence-electron chi connectivity index (χ4n) is 1.53. The van der Waals surface area contributed by atoms with Crippen LogP contribution in [0, 0.1) is 12.3 Å². The van der Waals surface area contributed by atoms with Gasteiger partial charge in [0.05, 0.1) is 12.1 Å². The zero-order valence-electron chi connectivity index (χ0n) is 11.3. The molecule has 0 aliphatic heterocycles. The molecule has 0 bridgehead atoms. The van der Waals surface area contributed by atoms with Gasteiger partial charge in [-0.2, -0.15) is 0 Å². The third kappa shape index (κ3) is 4.55. The minimum Gasteiger partial charge on any atom is -0.476 e. The Hall–Kier alpha value is -2.07. The Labute approximate surface area is 121 Å². The van der Waals surface area contributed by atoms with E-state index in [1.807, 2.05) is 6.92 Å². The summed E-state index contributed by atoms with van der Waals surface area (Å²) in [6, 6.07) is -1.08. The van der Waals surface area contributed by atoms with Gasteiger partial charge in [-0.25, -0.2) is 14.6 Å². The first-order valence-electron chi connectivity index (χ1n) is 6.19. The summed E-state index contributed by atoms with van der Waals surface area (Å²) in [5.74, 6) is 1.42. The van der Waals surface area contributed by atoms with Gasteiger partial charge in [0.1, 0.15) is 5.01 Å². The largest absolute Gasteiger partial charge is 0.476 e. The van der Waals surface area contributed by atoms with E-state index >= 15 is 0 Å². The van der Waals surface area contributed by atoms with Crippen molar-refractivity contribution in [3.8, 4) is 12.3 Å². The Balaban J connectivity index is 2.56. The van der Waals surface area contributed by atoms with E-state index in [-0.39, 0.29) is 23.8 Å². The molecule has 0 spiro atoms. The molecule has 2 atom stereocenters. The predicted octanol–water partition coefficient (Wildman–Crippen LogP) is 2.00. The molecule has 1 aromatic heterocycles. The van der Waals surface area contributed by atoms with Crippen LogP contribution >= 0.6 is 11.3 Å². The van der Waals surface area contributed by atoms with Gasteiger partial charge in [-0.1, -0.05) is 19.3 Å². The van der Waals surface area contributed by atoms with Crippen LogP contribution in [0.2, 0.25) is 0 Å². The van der Waals surface area contributed by atoms with Gasteiger partial charge in [-0.15, -0.1) is 17.8 Å². The summed E-state index contributed by atoms with van der Waals surface area (Å²) < 4.78 is 0. The molecule has 6 nitrogen and oxygen atoms in total. The second-order valence-corrected chi connectivity index (χ2v) is 5.11. The highest BCUT2D eigenvalue weighted by atomic mass is 32.1. The van der Waals surface area contributed by atoms with E-state index in [4.69, 9.17) is 11.5 Å². The number of rotatable bonds is 6. The van der Waals surface area contributed by atoms with Crippen LogP contribution in [0.4, 0.5) is 4.79 Å². The van der Waals surface area contributed by atoms with Crippen LogP contribution in [0.3, 0.4) is 0 Å². The topological polar surface area (TPSA) is 91.3 Å². The lowest BCUT2D eigenvalue weighted by atomic mass is 10.2. The minimum absolute atomic E-state index is 0.0217. The van der Waals surface area contributed by atoms with Gasteiger partial charge in [-0.3, -0.25) is 0 Å². The number of carbonyl (C=O) groups excluding carboxylic acids is 1. The highest BCUT2D eigenvalue weighted by Crippen LogP contribution is 2.17. The molecule has 2 amide bonds. The Kier molecular flexibility index (Phi) is 6.00. The number of carbonyl (C=O) groups is 2. The Morgan fingerprint density at radius 3 is 2.75 bits per heavy atom. The van der Waals surface area contributed by atoms with Crippen LogP contribution in [0.15, 0.2) is 5.38 Å². The summed E-state index contributed by atoms with van der Waals surface area (Å²) in [7, 11) is 0. The molecular weight excluding hydrogens is 278 g/mol. The third-order valence-corrected chi connectivity index (χ3v) is 3.57. The van der Waals surface area contributed by atoms with Crippen LogP contribution in [0.25, 0.3) is 0 Å². The smallest absolute Gasteiger partial charge is 0.355 e. The number of nitrogens with one attached hydrogen (secondary N) is 2. The van der Waals surface area contributed by atoms with E-state index in [0.717, 1.165) is 6.42 Å². The first-order chi connectivity index (χ1) is 9.47. The van der Waals surface area contributed by atoms with Crippen LogP contribution < -0.4 is 10.6 Å². The summed E-state index contributed by atoms with van der Waals surface area (Å²) >= 11 is 1.19. The maximum absolute atomic E-state index is 11.8. The fourth-order valence-corrected chi connectivity index (χ4v) is 2.33. The third-order valence-electron chi connectivity index (χ3n) is 2.54. The van der Waals surface area contributed by atoms with Crippen molar-refractivity contribution in [1.82, 2.24) is 15.6 Å². The molecule has 3 N–H and O–H groups in total. The molecule has 0 fully saturated rings. The number of aromatic carboxylic acids is 1. The maximum Gasteiger partial charge on any atom is 0.355 e. The number of nitrogens with zero attached hydrogens (tertiary/aromatic N) is 1. The first-order valence-corrected chi connectivity index (χ1v) is 7.07. The monoisotopic (exact) mass is 295 g/mol. The van der Waals surface area contributed by atoms with Gasteiger partial charge in [0, 0.05) is 5.38 Å². The first kappa shape index (κ1) is 16.0. The summed E-state index contributed by atoms with van der Waals surface area (Å²) in [5.41, 5.74) is -0.0217. The predicted molar refractivity (Wildman–Crippen MR) is 76.7 cm³/mol. The molecule has 1 heterocycles. The quantitative estimate of drug-likeness (QED) is 0.700. The highest BCUT2D eigenvalue weighted by Gasteiger charge is 2.17. The number of urea groups is 1. The molecule has 0 aromatic carbocycles. The lowest BCUT2D eigenvalue weighted by molar-refractivity contribution is 0.0691. The van der Waals surface area contributed by atoms with Crippen LogP contribution in [-0.4, -0.2) is 28.1 Å². The molecular formula is C13H17N3O3S. The molecule has 1 rings (SSSR count). The maximum atomic E-state index is 11.8. The number of aromatic nitrogens is 1. The van der Waals surface area contributed by atoms with Gasteiger partial charge >= 0.3 is 12.0 Å². The van der Waals surface area contributed by atoms with E-state index in [2.05, 4.69) is 21.5 Å². The van der Waals surface area contributed by atoms with Gasteiger partial charge in [-0.05, 0) is 13.3 Å². The van der Waals surface area contributed by atoms with Crippen molar-refractivity contribution in [3.05, 3.63) is 16.1 Å². The van der Waals surface area contributed by atoms with Crippen LogP contribution in [0.1, 0.15) is 48.2 Å². The van der Waals surface area contributed by atoms with Crippen LogP contribution in [-0.2, 0) is 0 Å². The van der Waals surface area contributed by atoms with E-state index in [0.29, 0.717) is 11.4 Å². The lowest BCUT2D eigenvalue weighted by Crippen LogP contribution is -2.42. The van der Waals surface area contributed by atoms with E-state index < -0.39 is 5.97 Å². The number of thiazole rings is 1. The highest BCUT2D eigenvalue weighted by molar-refractivity contribution is 7.09. The van der Waals surface area contributed by atoms with Crippen molar-refractivity contribution in [2.75, 3.05) is 0 Å². The molecule has 7 heteroatoms. The van der Waals surface area contributed by atoms with Gasteiger partial charge < -0.3 is 15.7 Å². The normalized spacial score (nSPS) is 13.1. The molecule has 0 aliphatic carbocycles. The summed E-state index contributed by atoms with van der Waals surface area (Å²) in [4.78, 5) is 26.4. The van der Waals surface area contributed by atoms with Crippen molar-refractivity contribution in [3.63, 3.8) is 0 Å². The molecule has 0 saturated carbocycles. The molecule has 0 aliphatic rings. The van der Waals surface area contributed by atoms with E-state index in [1.54, 1.807) is 6.92 Å². The van der Waals surface area contributed by atoms with Crippen molar-refractivity contribution < 1.29 is 14.7 Å². The lowest BCUT2D eigenvalue weighted by Gasteiger charge is -2.16. The molecule has 108 valence electrons. The van der Waals surface area contributed by atoms with Crippen molar-refractivity contribution in [2.24, 2.45) is 0 Å². The Morgan fingerprint density at radius 1 is 1.55 bits per heavy atom. The minimum atomic E-state index is -1.08. The molecule has 0 radical (unpaired) electrons. The zero-order valence-corrected chi connectivity index (χ0v) is 12.2. The molecule has 0 saturated heterocycles. The fraction of sp³-hybridized carbons (Fsp3) is 0.462. The SMILES string of the molecule is C#CC(CCC)NC(=O)NC(C)c1nc(C(=O)O)cs1. The Morgan fingerprint density at radius 2 is 2.25 bits per heavy atom. The second kappa shape index (κ2) is 7.50. The van der Waals surface area contributed by atoms with E-state index in [9.17, 15) is 9.59 Å².